The highest BCUT2D eigenvalue weighted by Crippen LogP contribution is 2.22. The molecule has 0 saturated heterocycles. The summed E-state index contributed by atoms with van der Waals surface area (Å²) in [5, 5.41) is 0.585. The summed E-state index contributed by atoms with van der Waals surface area (Å²) < 4.78 is 26.4. The molecule has 0 unspecified atom stereocenters. The van der Waals surface area contributed by atoms with E-state index in [9.17, 15) is 13.2 Å². The van der Waals surface area contributed by atoms with Gasteiger partial charge in [0, 0.05) is 10.6 Å². The molecular formula is C19H15ClN2O3S2. The van der Waals surface area contributed by atoms with E-state index in [1.54, 1.807) is 23.6 Å². The Kier molecular flexibility index (Phi) is 5.51. The number of benzene rings is 2. The van der Waals surface area contributed by atoms with E-state index < -0.39 is 15.7 Å². The van der Waals surface area contributed by atoms with Gasteiger partial charge in [0.15, 0.2) is 14.6 Å². The van der Waals surface area contributed by atoms with Gasteiger partial charge < -0.3 is 4.57 Å². The summed E-state index contributed by atoms with van der Waals surface area (Å²) in [6.45, 7) is 1.84. The predicted octanol–water partition coefficient (Wildman–Crippen LogP) is 3.52. The molecule has 138 valence electrons. The van der Waals surface area contributed by atoms with Crippen LogP contribution in [-0.4, -0.2) is 24.6 Å². The molecule has 0 radical (unpaired) electrons. The predicted molar refractivity (Wildman–Crippen MR) is 108 cm³/mol. The highest BCUT2D eigenvalue weighted by atomic mass is 35.5. The fraction of sp³-hybridized carbons (Fsp3) is 0.158. The fourth-order valence-corrected chi connectivity index (χ4v) is 4.69. The van der Waals surface area contributed by atoms with Crippen molar-refractivity contribution < 1.29 is 13.2 Å². The van der Waals surface area contributed by atoms with Crippen molar-refractivity contribution in [2.75, 3.05) is 5.75 Å². The van der Waals surface area contributed by atoms with Crippen LogP contribution >= 0.6 is 22.9 Å². The number of thiazole rings is 1. The third-order valence-corrected chi connectivity index (χ3v) is 6.96. The largest absolute Gasteiger partial charge is 0.305 e. The Labute approximate surface area is 165 Å². The van der Waals surface area contributed by atoms with E-state index in [1.165, 1.54) is 35.6 Å². The van der Waals surface area contributed by atoms with Gasteiger partial charge in [-0.3, -0.25) is 4.79 Å². The van der Waals surface area contributed by atoms with Gasteiger partial charge in [-0.25, -0.2) is 8.42 Å². The lowest BCUT2D eigenvalue weighted by Gasteiger charge is -2.02. The first-order valence-electron chi connectivity index (χ1n) is 8.00. The SMILES string of the molecule is C#CCn1c(=NC(=O)c2ccc(S(=O)(=O)CC)cc2)sc2cc(Cl)ccc21. The maximum absolute atomic E-state index is 12.5. The summed E-state index contributed by atoms with van der Waals surface area (Å²) in [7, 11) is -3.31. The van der Waals surface area contributed by atoms with Gasteiger partial charge >= 0.3 is 0 Å². The molecule has 0 bridgehead atoms. The summed E-state index contributed by atoms with van der Waals surface area (Å²) in [6, 6.07) is 11.1. The van der Waals surface area contributed by atoms with Crippen molar-refractivity contribution in [1.82, 2.24) is 4.57 Å². The van der Waals surface area contributed by atoms with Gasteiger partial charge in [0.2, 0.25) is 0 Å². The molecule has 1 amide bonds. The summed E-state index contributed by atoms with van der Waals surface area (Å²) in [5.74, 6) is 2.09. The molecule has 0 fully saturated rings. The number of carbonyl (C=O) groups excluding carboxylic acids is 1. The van der Waals surface area contributed by atoms with E-state index in [1.807, 2.05) is 6.07 Å². The molecule has 0 saturated carbocycles. The van der Waals surface area contributed by atoms with E-state index in [4.69, 9.17) is 18.0 Å². The Morgan fingerprint density at radius 1 is 1.26 bits per heavy atom. The molecule has 1 heterocycles. The minimum atomic E-state index is -3.31. The Bertz CT molecular complexity index is 1230. The van der Waals surface area contributed by atoms with E-state index in [0.717, 1.165) is 10.2 Å². The number of halogens is 1. The van der Waals surface area contributed by atoms with Gasteiger partial charge in [0.05, 0.1) is 27.4 Å². The van der Waals surface area contributed by atoms with Gasteiger partial charge in [-0.05, 0) is 42.5 Å². The average molecular weight is 419 g/mol. The first kappa shape index (κ1) is 19.4. The summed E-state index contributed by atoms with van der Waals surface area (Å²) >= 11 is 7.34. The summed E-state index contributed by atoms with van der Waals surface area (Å²) in [5.41, 5.74) is 1.14. The molecule has 0 aliphatic carbocycles. The van der Waals surface area contributed by atoms with Gasteiger partial charge in [-0.15, -0.1) is 6.42 Å². The van der Waals surface area contributed by atoms with Crippen LogP contribution in [0.2, 0.25) is 5.02 Å². The quantitative estimate of drug-likeness (QED) is 0.608. The molecule has 0 N–H and O–H groups in total. The zero-order chi connectivity index (χ0) is 19.6. The van der Waals surface area contributed by atoms with Crippen LogP contribution in [0.1, 0.15) is 17.3 Å². The monoisotopic (exact) mass is 418 g/mol. The van der Waals surface area contributed by atoms with E-state index in [-0.39, 0.29) is 17.2 Å². The highest BCUT2D eigenvalue weighted by Gasteiger charge is 2.13. The van der Waals surface area contributed by atoms with E-state index in [0.29, 0.717) is 15.4 Å². The zero-order valence-corrected chi connectivity index (χ0v) is 16.7. The number of terminal acetylenes is 1. The average Bonchev–Trinajstić information content (AvgIpc) is 2.98. The maximum atomic E-state index is 12.5. The van der Waals surface area contributed by atoms with Gasteiger partial charge in [0.25, 0.3) is 5.91 Å². The first-order chi connectivity index (χ1) is 12.9. The lowest BCUT2D eigenvalue weighted by atomic mass is 10.2. The van der Waals surface area contributed by atoms with Crippen molar-refractivity contribution in [2.24, 2.45) is 4.99 Å². The van der Waals surface area contributed by atoms with Crippen LogP contribution in [0.4, 0.5) is 0 Å². The Hall–Kier alpha value is -2.40. The molecule has 2 aromatic carbocycles. The zero-order valence-electron chi connectivity index (χ0n) is 14.3. The van der Waals surface area contributed by atoms with Crippen molar-refractivity contribution in [3.63, 3.8) is 0 Å². The van der Waals surface area contributed by atoms with Crippen molar-refractivity contribution >= 4 is 48.9 Å². The van der Waals surface area contributed by atoms with Crippen molar-refractivity contribution in [3.8, 4) is 12.3 Å². The van der Waals surface area contributed by atoms with Gasteiger partial charge in [-0.1, -0.05) is 35.8 Å². The van der Waals surface area contributed by atoms with Crippen molar-refractivity contribution in [3.05, 3.63) is 57.9 Å². The second-order valence-electron chi connectivity index (χ2n) is 5.63. The van der Waals surface area contributed by atoms with Crippen molar-refractivity contribution in [2.45, 2.75) is 18.4 Å². The van der Waals surface area contributed by atoms with Crippen molar-refractivity contribution in [1.29, 1.82) is 0 Å². The first-order valence-corrected chi connectivity index (χ1v) is 10.8. The number of fused-ring (bicyclic) bond motifs is 1. The van der Waals surface area contributed by atoms with Crippen LogP contribution in [0, 0.1) is 12.3 Å². The van der Waals surface area contributed by atoms with Crippen LogP contribution in [0.5, 0.6) is 0 Å². The molecule has 27 heavy (non-hydrogen) atoms. The number of carbonyl (C=O) groups is 1. The standard InChI is InChI=1S/C19H15ClN2O3S2/c1-3-11-22-16-10-7-14(20)12-17(16)26-19(22)21-18(23)13-5-8-15(9-6-13)27(24,25)4-2/h1,5-10,12H,4,11H2,2H3. The lowest BCUT2D eigenvalue weighted by molar-refractivity contribution is 0.0998. The lowest BCUT2D eigenvalue weighted by Crippen LogP contribution is -2.16. The van der Waals surface area contributed by atoms with E-state index >= 15 is 0 Å². The summed E-state index contributed by atoms with van der Waals surface area (Å²) in [6.07, 6.45) is 5.45. The van der Waals surface area contributed by atoms with Gasteiger partial charge in [0.1, 0.15) is 0 Å². The molecule has 5 nitrogen and oxygen atoms in total. The van der Waals surface area contributed by atoms with Crippen LogP contribution in [0.3, 0.4) is 0 Å². The molecule has 0 atom stereocenters. The van der Waals surface area contributed by atoms with Crippen LogP contribution in [0.25, 0.3) is 10.2 Å². The van der Waals surface area contributed by atoms with Crippen LogP contribution in [-0.2, 0) is 16.4 Å². The third kappa shape index (κ3) is 3.98. The number of aromatic nitrogens is 1. The maximum Gasteiger partial charge on any atom is 0.279 e. The Morgan fingerprint density at radius 3 is 2.59 bits per heavy atom. The van der Waals surface area contributed by atoms with Crippen LogP contribution < -0.4 is 4.80 Å². The number of hydrogen-bond acceptors (Lipinski definition) is 4. The third-order valence-electron chi connectivity index (χ3n) is 3.93. The smallest absolute Gasteiger partial charge is 0.279 e. The number of nitrogens with zero attached hydrogens (tertiary/aromatic N) is 2. The van der Waals surface area contributed by atoms with E-state index in [2.05, 4.69) is 10.9 Å². The van der Waals surface area contributed by atoms with Crippen LogP contribution in [0.15, 0.2) is 52.4 Å². The number of sulfone groups is 1. The number of hydrogen-bond donors (Lipinski definition) is 0. The molecule has 0 aliphatic rings. The number of rotatable bonds is 4. The second-order valence-corrected chi connectivity index (χ2v) is 9.36. The Morgan fingerprint density at radius 2 is 1.96 bits per heavy atom. The molecule has 3 rings (SSSR count). The minimum Gasteiger partial charge on any atom is -0.305 e. The highest BCUT2D eigenvalue weighted by molar-refractivity contribution is 7.91. The second kappa shape index (κ2) is 7.69. The number of amides is 1. The normalized spacial score (nSPS) is 12.3. The topological polar surface area (TPSA) is 68.5 Å². The molecule has 1 aromatic heterocycles. The molecule has 0 spiro atoms. The summed E-state index contributed by atoms with van der Waals surface area (Å²) in [4.78, 5) is 17.4. The molecular weight excluding hydrogens is 404 g/mol. The minimum absolute atomic E-state index is 0.00109. The van der Waals surface area contributed by atoms with Gasteiger partial charge in [-0.2, -0.15) is 4.99 Å². The molecule has 3 aromatic rings. The fourth-order valence-electron chi connectivity index (χ4n) is 2.50. The molecule has 8 heteroatoms. The molecule has 0 aliphatic heterocycles. The Balaban J connectivity index is 2.05.